The molecular weight excluding hydrogens is 451 g/mol. The van der Waals surface area contributed by atoms with Crippen molar-refractivity contribution < 1.29 is 18.8 Å². The monoisotopic (exact) mass is 468 g/mol. The Morgan fingerprint density at radius 3 is 2.64 bits per heavy atom. The highest BCUT2D eigenvalue weighted by molar-refractivity contribution is 6.30. The van der Waals surface area contributed by atoms with Crippen LogP contribution in [0.4, 0.5) is 15.8 Å². The van der Waals surface area contributed by atoms with Gasteiger partial charge in [-0.2, -0.15) is 5.10 Å². The van der Waals surface area contributed by atoms with Crippen LogP contribution in [0.5, 0.6) is 0 Å². The fourth-order valence-corrected chi connectivity index (χ4v) is 4.67. The van der Waals surface area contributed by atoms with Crippen molar-refractivity contribution in [2.75, 3.05) is 17.3 Å². The van der Waals surface area contributed by atoms with E-state index in [1.807, 2.05) is 0 Å². The maximum atomic E-state index is 15.2. The van der Waals surface area contributed by atoms with E-state index in [1.165, 1.54) is 36.5 Å². The van der Waals surface area contributed by atoms with Gasteiger partial charge in [0.2, 0.25) is 11.6 Å². The summed E-state index contributed by atoms with van der Waals surface area (Å²) < 4.78 is 16.8. The highest BCUT2D eigenvalue weighted by Crippen LogP contribution is 2.46. The first-order chi connectivity index (χ1) is 15.7. The molecule has 1 unspecified atom stereocenters. The van der Waals surface area contributed by atoms with E-state index in [9.17, 15) is 14.4 Å². The molecule has 0 bridgehead atoms. The van der Waals surface area contributed by atoms with Crippen molar-refractivity contribution in [3.63, 3.8) is 0 Å². The van der Waals surface area contributed by atoms with Crippen molar-refractivity contribution in [3.8, 4) is 11.1 Å². The zero-order chi connectivity index (χ0) is 23.5. The van der Waals surface area contributed by atoms with Crippen LogP contribution in [-0.4, -0.2) is 50.1 Å². The Bertz CT molecular complexity index is 1340. The third kappa shape index (κ3) is 3.09. The van der Waals surface area contributed by atoms with Crippen molar-refractivity contribution in [2.45, 2.75) is 18.5 Å². The summed E-state index contributed by atoms with van der Waals surface area (Å²) in [5, 5.41) is 7.11. The Kier molecular flexibility index (Phi) is 4.71. The molecular formula is C22H18ClFN6O3. The number of nitrogens with zero attached hydrogens (tertiary/aromatic N) is 5. The number of benzene rings is 1. The van der Waals surface area contributed by atoms with Crippen molar-refractivity contribution in [1.29, 1.82) is 0 Å². The van der Waals surface area contributed by atoms with Gasteiger partial charge < -0.3 is 10.2 Å². The molecule has 1 fully saturated rings. The number of halogens is 2. The van der Waals surface area contributed by atoms with Crippen molar-refractivity contribution >= 4 is 40.7 Å². The number of hydrogen-bond donors (Lipinski definition) is 1. The van der Waals surface area contributed by atoms with Gasteiger partial charge in [-0.15, -0.1) is 0 Å². The first-order valence-electron chi connectivity index (χ1n) is 10.1. The third-order valence-corrected chi connectivity index (χ3v) is 6.26. The maximum absolute atomic E-state index is 15.2. The summed E-state index contributed by atoms with van der Waals surface area (Å²) in [5.74, 6) is -2.48. The molecule has 2 aromatic heterocycles. The van der Waals surface area contributed by atoms with Crippen molar-refractivity contribution in [2.24, 2.45) is 7.05 Å². The van der Waals surface area contributed by atoms with Gasteiger partial charge in [-0.1, -0.05) is 11.6 Å². The Morgan fingerprint density at radius 2 is 1.94 bits per heavy atom. The molecule has 0 radical (unpaired) electrons. The van der Waals surface area contributed by atoms with Gasteiger partial charge >= 0.3 is 0 Å². The zero-order valence-electron chi connectivity index (χ0n) is 17.7. The van der Waals surface area contributed by atoms with E-state index in [2.05, 4.69) is 15.4 Å². The fourth-order valence-electron chi connectivity index (χ4n) is 4.49. The van der Waals surface area contributed by atoms with Crippen LogP contribution >= 0.6 is 11.6 Å². The van der Waals surface area contributed by atoms with Gasteiger partial charge in [-0.05, 0) is 23.8 Å². The minimum Gasteiger partial charge on any atom is -0.321 e. The lowest BCUT2D eigenvalue weighted by Crippen LogP contribution is -2.68. The standard InChI is InChI=1S/C22H18ClFN6O3/c1-28-11-13(8-26-28)12-5-16(24)19-17(6-12)30-18(31)3-4-22(30,29(2)20(19)32)21(33)27-15-7-14(23)9-25-10-15/h5-11H,3-4H2,1-2H3,(H,27,33). The van der Waals surface area contributed by atoms with Crippen molar-refractivity contribution in [1.82, 2.24) is 19.7 Å². The van der Waals surface area contributed by atoms with Crippen LogP contribution in [-0.2, 0) is 16.6 Å². The summed E-state index contributed by atoms with van der Waals surface area (Å²) in [6.45, 7) is 0. The van der Waals surface area contributed by atoms with Crippen LogP contribution in [0.15, 0.2) is 43.0 Å². The summed E-state index contributed by atoms with van der Waals surface area (Å²) in [6, 6.07) is 4.28. The highest BCUT2D eigenvalue weighted by Gasteiger charge is 2.60. The summed E-state index contributed by atoms with van der Waals surface area (Å²) in [4.78, 5) is 46.2. The first-order valence-corrected chi connectivity index (χ1v) is 10.5. The molecule has 0 aliphatic carbocycles. The molecule has 4 heterocycles. The normalized spacial score (nSPS) is 19.5. The Balaban J connectivity index is 1.66. The molecule has 3 aromatic rings. The number of aryl methyl sites for hydroxylation is 1. The van der Waals surface area contributed by atoms with Gasteiger partial charge in [-0.3, -0.25) is 28.9 Å². The number of rotatable bonds is 3. The molecule has 11 heteroatoms. The number of hydrogen-bond acceptors (Lipinski definition) is 5. The second-order valence-electron chi connectivity index (χ2n) is 8.01. The number of carbonyl (C=O) groups excluding carboxylic acids is 3. The second-order valence-corrected chi connectivity index (χ2v) is 8.45. The maximum Gasteiger partial charge on any atom is 0.271 e. The molecule has 1 saturated heterocycles. The molecule has 1 atom stereocenters. The summed E-state index contributed by atoms with van der Waals surface area (Å²) in [5.41, 5.74) is -0.513. The predicted molar refractivity (Wildman–Crippen MR) is 118 cm³/mol. The van der Waals surface area contributed by atoms with Gasteiger partial charge in [0.05, 0.1) is 34.4 Å². The Hall–Kier alpha value is -3.79. The topological polar surface area (TPSA) is 100 Å². The van der Waals surface area contributed by atoms with Gasteiger partial charge in [0.1, 0.15) is 5.82 Å². The minimum absolute atomic E-state index is 0.0109. The number of amides is 3. The minimum atomic E-state index is -1.66. The molecule has 33 heavy (non-hydrogen) atoms. The van der Waals surface area contributed by atoms with E-state index in [0.29, 0.717) is 21.8 Å². The van der Waals surface area contributed by atoms with E-state index in [0.717, 1.165) is 4.90 Å². The average molecular weight is 469 g/mol. The molecule has 9 nitrogen and oxygen atoms in total. The number of pyridine rings is 1. The first kappa shape index (κ1) is 21.1. The van der Waals surface area contributed by atoms with E-state index in [-0.39, 0.29) is 24.1 Å². The lowest BCUT2D eigenvalue weighted by atomic mass is 9.94. The van der Waals surface area contributed by atoms with Crippen LogP contribution < -0.4 is 10.2 Å². The molecule has 3 amide bonds. The van der Waals surface area contributed by atoms with Crippen molar-refractivity contribution in [3.05, 3.63) is 59.4 Å². The molecule has 2 aliphatic heterocycles. The number of likely N-dealkylation sites (N-methyl/N-ethyl adjacent to an activating group) is 1. The number of carbonyl (C=O) groups is 3. The van der Waals surface area contributed by atoms with Gasteiger partial charge in [0.15, 0.2) is 0 Å². The average Bonchev–Trinajstić information content (AvgIpc) is 3.36. The van der Waals surface area contributed by atoms with Crippen LogP contribution in [0.3, 0.4) is 0 Å². The third-order valence-electron chi connectivity index (χ3n) is 6.06. The van der Waals surface area contributed by atoms with Gasteiger partial charge in [-0.25, -0.2) is 4.39 Å². The number of anilines is 2. The lowest BCUT2D eigenvalue weighted by molar-refractivity contribution is -0.128. The second kappa shape index (κ2) is 7.38. The van der Waals surface area contributed by atoms with Crippen LogP contribution in [0.25, 0.3) is 11.1 Å². The van der Waals surface area contributed by atoms with Gasteiger partial charge in [0, 0.05) is 44.9 Å². The van der Waals surface area contributed by atoms with Crippen LogP contribution in [0, 0.1) is 5.82 Å². The summed E-state index contributed by atoms with van der Waals surface area (Å²) >= 11 is 5.97. The molecule has 0 saturated carbocycles. The van der Waals surface area contributed by atoms with Gasteiger partial charge in [0.25, 0.3) is 11.8 Å². The largest absolute Gasteiger partial charge is 0.321 e. The van der Waals surface area contributed by atoms with E-state index >= 15 is 4.39 Å². The van der Waals surface area contributed by atoms with E-state index in [4.69, 9.17) is 11.6 Å². The van der Waals surface area contributed by atoms with E-state index < -0.39 is 29.2 Å². The number of aromatic nitrogens is 3. The molecule has 1 N–H and O–H groups in total. The fraction of sp³-hybridized carbons (Fsp3) is 0.227. The van der Waals surface area contributed by atoms with E-state index in [1.54, 1.807) is 30.2 Å². The molecule has 2 aliphatic rings. The Labute approximate surface area is 192 Å². The summed E-state index contributed by atoms with van der Waals surface area (Å²) in [7, 11) is 3.11. The van der Waals surface area contributed by atoms with Crippen LogP contribution in [0.2, 0.25) is 5.02 Å². The number of fused-ring (bicyclic) bond motifs is 3. The predicted octanol–water partition coefficient (Wildman–Crippen LogP) is 2.82. The highest BCUT2D eigenvalue weighted by atomic mass is 35.5. The molecule has 5 rings (SSSR count). The molecule has 0 spiro atoms. The van der Waals surface area contributed by atoms with Crippen LogP contribution in [0.1, 0.15) is 23.2 Å². The quantitative estimate of drug-likeness (QED) is 0.637. The zero-order valence-corrected chi connectivity index (χ0v) is 18.4. The number of nitrogens with one attached hydrogen (secondary N) is 1. The Morgan fingerprint density at radius 1 is 1.15 bits per heavy atom. The molecule has 168 valence electrons. The lowest BCUT2D eigenvalue weighted by Gasteiger charge is -2.47. The SMILES string of the molecule is CN1C(=O)c2c(F)cc(-c3cnn(C)c3)cc2N2C(=O)CCC12C(=O)Nc1cncc(Cl)c1. The smallest absolute Gasteiger partial charge is 0.271 e. The summed E-state index contributed by atoms with van der Waals surface area (Å²) in [6.07, 6.45) is 6.12. The molecule has 1 aromatic carbocycles.